The molecular weight excluding hydrogens is 427 g/mol. The molecule has 0 radical (unpaired) electrons. The SMILES string of the molecule is Cc1ccn2c(C(=O)Nc3cc(-c4noc(CC(O)C(F)(F)F)n4)ccc3C)cnc2c1. The van der Waals surface area contributed by atoms with E-state index in [2.05, 4.69) is 20.4 Å². The van der Waals surface area contributed by atoms with Crippen molar-refractivity contribution in [1.82, 2.24) is 19.5 Å². The fraction of sp³-hybridized carbons (Fsp3) is 0.238. The smallest absolute Gasteiger partial charge is 0.383 e. The van der Waals surface area contributed by atoms with Gasteiger partial charge in [-0.25, -0.2) is 4.98 Å². The van der Waals surface area contributed by atoms with Gasteiger partial charge in [0.05, 0.1) is 12.6 Å². The van der Waals surface area contributed by atoms with E-state index in [1.54, 1.807) is 35.7 Å². The van der Waals surface area contributed by atoms with Crippen molar-refractivity contribution in [1.29, 1.82) is 0 Å². The number of nitrogens with zero attached hydrogens (tertiary/aromatic N) is 4. The molecule has 166 valence electrons. The van der Waals surface area contributed by atoms with Crippen LogP contribution in [0.3, 0.4) is 0 Å². The van der Waals surface area contributed by atoms with Crippen LogP contribution in [0.15, 0.2) is 47.2 Å². The molecule has 11 heteroatoms. The Labute approximate surface area is 179 Å². The molecule has 0 spiro atoms. The third-order valence-electron chi connectivity index (χ3n) is 4.86. The van der Waals surface area contributed by atoms with Crippen molar-refractivity contribution in [2.24, 2.45) is 0 Å². The Morgan fingerprint density at radius 2 is 2.03 bits per heavy atom. The number of rotatable bonds is 5. The van der Waals surface area contributed by atoms with Gasteiger partial charge in [0, 0.05) is 17.4 Å². The normalized spacial score (nSPS) is 12.8. The number of pyridine rings is 1. The van der Waals surface area contributed by atoms with Crippen molar-refractivity contribution in [3.63, 3.8) is 0 Å². The molecule has 4 aromatic rings. The van der Waals surface area contributed by atoms with Gasteiger partial charge >= 0.3 is 6.18 Å². The molecule has 1 atom stereocenters. The van der Waals surface area contributed by atoms with E-state index in [-0.39, 0.29) is 17.6 Å². The molecule has 4 rings (SSSR count). The molecule has 2 N–H and O–H groups in total. The minimum atomic E-state index is -4.79. The molecule has 0 bridgehead atoms. The number of imidazole rings is 1. The minimum absolute atomic E-state index is 0.0372. The lowest BCUT2D eigenvalue weighted by molar-refractivity contribution is -0.204. The standard InChI is InChI=1S/C21H18F3N5O3/c1-11-5-6-29-15(10-25-17(29)7-11)20(31)26-14-8-13(4-3-12(14)2)19-27-18(32-28-19)9-16(30)21(22,23)24/h3-8,10,16,30H,9H2,1-2H3,(H,26,31). The van der Waals surface area contributed by atoms with Crippen LogP contribution in [0.1, 0.15) is 27.5 Å². The van der Waals surface area contributed by atoms with Gasteiger partial charge in [0.2, 0.25) is 11.7 Å². The van der Waals surface area contributed by atoms with Gasteiger partial charge in [0.1, 0.15) is 11.3 Å². The van der Waals surface area contributed by atoms with Crippen LogP contribution in [0.25, 0.3) is 17.0 Å². The van der Waals surface area contributed by atoms with Crippen LogP contribution in [-0.4, -0.2) is 42.8 Å². The Hall–Kier alpha value is -3.73. The Kier molecular flexibility index (Phi) is 5.43. The third-order valence-corrected chi connectivity index (χ3v) is 4.86. The first-order valence-electron chi connectivity index (χ1n) is 9.55. The van der Waals surface area contributed by atoms with Gasteiger partial charge < -0.3 is 14.9 Å². The number of aliphatic hydroxyl groups excluding tert-OH is 1. The monoisotopic (exact) mass is 445 g/mol. The number of halogens is 3. The summed E-state index contributed by atoms with van der Waals surface area (Å²) < 4.78 is 44.1. The molecule has 0 aliphatic rings. The summed E-state index contributed by atoms with van der Waals surface area (Å²) in [5, 5.41) is 15.7. The molecular formula is C21H18F3N5O3. The fourth-order valence-electron chi connectivity index (χ4n) is 3.07. The molecule has 0 saturated heterocycles. The van der Waals surface area contributed by atoms with E-state index in [0.29, 0.717) is 22.6 Å². The summed E-state index contributed by atoms with van der Waals surface area (Å²) in [5.41, 5.74) is 3.64. The number of amides is 1. The van der Waals surface area contributed by atoms with Gasteiger partial charge in [-0.2, -0.15) is 18.2 Å². The average Bonchev–Trinajstić information content (AvgIpc) is 3.35. The van der Waals surface area contributed by atoms with E-state index in [1.165, 1.54) is 6.20 Å². The number of nitrogens with one attached hydrogen (secondary N) is 1. The Morgan fingerprint density at radius 1 is 1.25 bits per heavy atom. The second kappa shape index (κ2) is 8.08. The molecule has 1 aromatic carbocycles. The number of benzene rings is 1. The second-order valence-corrected chi connectivity index (χ2v) is 7.33. The maximum absolute atomic E-state index is 12.8. The van der Waals surface area contributed by atoms with Gasteiger partial charge in [-0.3, -0.25) is 9.20 Å². The van der Waals surface area contributed by atoms with Gasteiger partial charge in [-0.1, -0.05) is 17.3 Å². The summed E-state index contributed by atoms with van der Waals surface area (Å²) in [4.78, 5) is 21.0. The highest BCUT2D eigenvalue weighted by molar-refractivity contribution is 6.04. The van der Waals surface area contributed by atoms with Crippen molar-refractivity contribution in [3.05, 3.63) is 65.4 Å². The summed E-state index contributed by atoms with van der Waals surface area (Å²) in [6.07, 6.45) is -5.00. The number of alkyl halides is 3. The third kappa shape index (κ3) is 4.33. The number of aromatic nitrogens is 4. The van der Waals surface area contributed by atoms with Crippen LogP contribution < -0.4 is 5.32 Å². The maximum atomic E-state index is 12.8. The van der Waals surface area contributed by atoms with Crippen molar-refractivity contribution in [2.75, 3.05) is 5.32 Å². The molecule has 1 amide bonds. The number of aryl methyl sites for hydroxylation is 2. The molecule has 0 aliphatic heterocycles. The van der Waals surface area contributed by atoms with E-state index in [1.807, 2.05) is 19.1 Å². The van der Waals surface area contributed by atoms with Crippen LogP contribution in [0, 0.1) is 13.8 Å². The van der Waals surface area contributed by atoms with Crippen LogP contribution in [-0.2, 0) is 6.42 Å². The summed E-state index contributed by atoms with van der Waals surface area (Å²) >= 11 is 0. The number of aliphatic hydroxyl groups is 1. The summed E-state index contributed by atoms with van der Waals surface area (Å²) in [5.74, 6) is -0.698. The van der Waals surface area contributed by atoms with Gasteiger partial charge in [-0.05, 0) is 43.2 Å². The number of hydrogen-bond donors (Lipinski definition) is 2. The highest BCUT2D eigenvalue weighted by Gasteiger charge is 2.39. The van der Waals surface area contributed by atoms with E-state index in [0.717, 1.165) is 11.1 Å². The molecule has 3 aromatic heterocycles. The first kappa shape index (κ1) is 21.5. The fourth-order valence-corrected chi connectivity index (χ4v) is 3.07. The molecule has 0 fully saturated rings. The lowest BCUT2D eigenvalue weighted by Crippen LogP contribution is -2.30. The molecule has 0 saturated carbocycles. The van der Waals surface area contributed by atoms with E-state index in [9.17, 15) is 23.1 Å². The van der Waals surface area contributed by atoms with E-state index in [4.69, 9.17) is 4.52 Å². The van der Waals surface area contributed by atoms with E-state index >= 15 is 0 Å². The highest BCUT2D eigenvalue weighted by atomic mass is 19.4. The van der Waals surface area contributed by atoms with Crippen molar-refractivity contribution < 1.29 is 27.6 Å². The predicted octanol–water partition coefficient (Wildman–Crippen LogP) is 3.72. The van der Waals surface area contributed by atoms with Crippen molar-refractivity contribution in [3.8, 4) is 11.4 Å². The zero-order valence-corrected chi connectivity index (χ0v) is 17.0. The zero-order valence-electron chi connectivity index (χ0n) is 17.0. The number of fused-ring (bicyclic) bond motifs is 1. The highest BCUT2D eigenvalue weighted by Crippen LogP contribution is 2.26. The summed E-state index contributed by atoms with van der Waals surface area (Å²) in [6, 6.07) is 8.67. The first-order chi connectivity index (χ1) is 15.1. The summed E-state index contributed by atoms with van der Waals surface area (Å²) in [6.45, 7) is 3.72. The van der Waals surface area contributed by atoms with E-state index < -0.39 is 18.7 Å². The quantitative estimate of drug-likeness (QED) is 0.485. The lowest BCUT2D eigenvalue weighted by Gasteiger charge is -2.11. The second-order valence-electron chi connectivity index (χ2n) is 7.33. The van der Waals surface area contributed by atoms with Crippen LogP contribution in [0.4, 0.5) is 18.9 Å². The maximum Gasteiger partial charge on any atom is 0.414 e. The number of anilines is 1. The number of carbonyl (C=O) groups is 1. The first-order valence-corrected chi connectivity index (χ1v) is 9.55. The van der Waals surface area contributed by atoms with Crippen LogP contribution in [0.2, 0.25) is 0 Å². The molecule has 32 heavy (non-hydrogen) atoms. The van der Waals surface area contributed by atoms with Crippen molar-refractivity contribution in [2.45, 2.75) is 32.5 Å². The van der Waals surface area contributed by atoms with Crippen LogP contribution >= 0.6 is 0 Å². The summed E-state index contributed by atoms with van der Waals surface area (Å²) in [7, 11) is 0. The Balaban J connectivity index is 1.56. The molecule has 1 unspecified atom stereocenters. The lowest BCUT2D eigenvalue weighted by atomic mass is 10.1. The molecule has 8 nitrogen and oxygen atoms in total. The number of carbonyl (C=O) groups excluding carboxylic acids is 1. The molecule has 3 heterocycles. The van der Waals surface area contributed by atoms with Crippen LogP contribution in [0.5, 0.6) is 0 Å². The average molecular weight is 445 g/mol. The van der Waals surface area contributed by atoms with Gasteiger partial charge in [-0.15, -0.1) is 0 Å². The Morgan fingerprint density at radius 3 is 2.78 bits per heavy atom. The topological polar surface area (TPSA) is 106 Å². The Bertz CT molecular complexity index is 1300. The van der Waals surface area contributed by atoms with Gasteiger partial charge in [0.15, 0.2) is 6.10 Å². The zero-order chi connectivity index (χ0) is 23.0. The van der Waals surface area contributed by atoms with Gasteiger partial charge in [0.25, 0.3) is 5.91 Å². The largest absolute Gasteiger partial charge is 0.414 e. The molecule has 0 aliphatic carbocycles. The minimum Gasteiger partial charge on any atom is -0.383 e. The predicted molar refractivity (Wildman–Crippen MR) is 108 cm³/mol. The number of hydrogen-bond acceptors (Lipinski definition) is 6. The van der Waals surface area contributed by atoms with Crippen molar-refractivity contribution >= 4 is 17.2 Å².